The first-order chi connectivity index (χ1) is 8.99. The van der Waals surface area contributed by atoms with Crippen molar-refractivity contribution < 1.29 is 4.79 Å². The molecule has 0 aliphatic rings. The molecular weight excluding hydrogens is 238 g/mol. The van der Waals surface area contributed by atoms with Crippen molar-refractivity contribution in [3.63, 3.8) is 0 Å². The van der Waals surface area contributed by atoms with E-state index in [1.807, 2.05) is 42.0 Å². The molecule has 4 nitrogen and oxygen atoms in total. The third-order valence-electron chi connectivity index (χ3n) is 3.55. The highest BCUT2D eigenvalue weighted by atomic mass is 16.2. The predicted octanol–water partition coefficient (Wildman–Crippen LogP) is 2.38. The zero-order valence-electron chi connectivity index (χ0n) is 11.7. The van der Waals surface area contributed by atoms with Crippen molar-refractivity contribution in [2.45, 2.75) is 33.4 Å². The minimum atomic E-state index is 0.0288. The molecule has 19 heavy (non-hydrogen) atoms. The second-order valence-corrected chi connectivity index (χ2v) is 5.32. The van der Waals surface area contributed by atoms with Gasteiger partial charge < -0.3 is 15.6 Å². The van der Waals surface area contributed by atoms with E-state index in [2.05, 4.69) is 19.2 Å². The molecule has 1 heterocycles. The van der Waals surface area contributed by atoms with Crippen LogP contribution in [0.25, 0.3) is 10.9 Å². The number of carbonyl (C=O) groups is 1. The molecule has 1 aromatic heterocycles. The number of fused-ring (bicyclic) bond motifs is 1. The molecule has 2 rings (SSSR count). The third kappa shape index (κ3) is 2.89. The van der Waals surface area contributed by atoms with Crippen LogP contribution in [0.1, 0.15) is 20.8 Å². The second kappa shape index (κ2) is 5.34. The summed E-state index contributed by atoms with van der Waals surface area (Å²) in [6.07, 6.45) is 1.90. The van der Waals surface area contributed by atoms with Crippen LogP contribution in [0.4, 0.5) is 5.69 Å². The van der Waals surface area contributed by atoms with Gasteiger partial charge >= 0.3 is 0 Å². The Hall–Kier alpha value is -1.97. The number of hydrogen-bond donors (Lipinski definition) is 2. The predicted molar refractivity (Wildman–Crippen MR) is 78.8 cm³/mol. The molecule has 0 saturated carbocycles. The lowest BCUT2D eigenvalue weighted by Gasteiger charge is -2.17. The Morgan fingerprint density at radius 3 is 2.74 bits per heavy atom. The van der Waals surface area contributed by atoms with E-state index < -0.39 is 0 Å². The monoisotopic (exact) mass is 259 g/mol. The van der Waals surface area contributed by atoms with Crippen LogP contribution in [-0.2, 0) is 11.3 Å². The Balaban J connectivity index is 2.14. The minimum absolute atomic E-state index is 0.0288. The maximum Gasteiger partial charge on any atom is 0.240 e. The van der Waals surface area contributed by atoms with Crippen LogP contribution in [0.3, 0.4) is 0 Å². The largest absolute Gasteiger partial charge is 0.398 e. The van der Waals surface area contributed by atoms with Crippen molar-refractivity contribution in [3.05, 3.63) is 30.5 Å². The lowest BCUT2D eigenvalue weighted by Crippen LogP contribution is -2.38. The van der Waals surface area contributed by atoms with Crippen LogP contribution in [0, 0.1) is 5.92 Å². The summed E-state index contributed by atoms with van der Waals surface area (Å²) < 4.78 is 1.92. The van der Waals surface area contributed by atoms with Crippen LogP contribution in [0.2, 0.25) is 0 Å². The van der Waals surface area contributed by atoms with Crippen LogP contribution >= 0.6 is 0 Å². The molecular formula is C15H21N3O. The SMILES string of the molecule is CC(C)C(C)NC(=O)Cn1ccc2c(N)cccc21. The van der Waals surface area contributed by atoms with Gasteiger partial charge in [-0.1, -0.05) is 19.9 Å². The van der Waals surface area contributed by atoms with E-state index in [0.29, 0.717) is 12.5 Å². The summed E-state index contributed by atoms with van der Waals surface area (Å²) in [5.74, 6) is 0.460. The number of amides is 1. The molecule has 0 spiro atoms. The quantitative estimate of drug-likeness (QED) is 0.828. The molecule has 0 aliphatic carbocycles. The van der Waals surface area contributed by atoms with Gasteiger partial charge in [0.1, 0.15) is 6.54 Å². The zero-order chi connectivity index (χ0) is 14.0. The highest BCUT2D eigenvalue weighted by Crippen LogP contribution is 2.21. The number of nitrogen functional groups attached to an aromatic ring is 1. The first-order valence-corrected chi connectivity index (χ1v) is 6.61. The number of carbonyl (C=O) groups excluding carboxylic acids is 1. The molecule has 0 fully saturated rings. The number of aromatic nitrogens is 1. The molecule has 1 atom stereocenters. The number of nitrogens with zero attached hydrogens (tertiary/aromatic N) is 1. The first-order valence-electron chi connectivity index (χ1n) is 6.61. The van der Waals surface area contributed by atoms with Gasteiger partial charge in [0.15, 0.2) is 0 Å². The molecule has 0 saturated heterocycles. The third-order valence-corrected chi connectivity index (χ3v) is 3.55. The molecule has 0 radical (unpaired) electrons. The van der Waals surface area contributed by atoms with Crippen molar-refractivity contribution >= 4 is 22.5 Å². The maximum absolute atomic E-state index is 12.0. The summed E-state index contributed by atoms with van der Waals surface area (Å²) in [6, 6.07) is 7.88. The summed E-state index contributed by atoms with van der Waals surface area (Å²) >= 11 is 0. The summed E-state index contributed by atoms with van der Waals surface area (Å²) in [7, 11) is 0. The highest BCUT2D eigenvalue weighted by molar-refractivity contribution is 5.92. The van der Waals surface area contributed by atoms with Crippen LogP contribution in [0.5, 0.6) is 0 Å². The summed E-state index contributed by atoms with van der Waals surface area (Å²) in [5, 5.41) is 4.00. The fourth-order valence-electron chi connectivity index (χ4n) is 2.01. The Labute approximate surface area is 113 Å². The Morgan fingerprint density at radius 2 is 2.05 bits per heavy atom. The fourth-order valence-corrected chi connectivity index (χ4v) is 2.01. The van der Waals surface area contributed by atoms with E-state index in [9.17, 15) is 4.79 Å². The molecule has 0 aliphatic heterocycles. The number of benzene rings is 1. The van der Waals surface area contributed by atoms with Gasteiger partial charge in [-0.25, -0.2) is 0 Å². The van der Waals surface area contributed by atoms with Crippen molar-refractivity contribution in [3.8, 4) is 0 Å². The lowest BCUT2D eigenvalue weighted by atomic mass is 10.1. The normalized spacial score (nSPS) is 12.8. The number of rotatable bonds is 4. The van der Waals surface area contributed by atoms with Gasteiger partial charge in [0.05, 0.1) is 5.52 Å². The topological polar surface area (TPSA) is 60.0 Å². The van der Waals surface area contributed by atoms with E-state index >= 15 is 0 Å². The standard InChI is InChI=1S/C15H21N3O/c1-10(2)11(3)17-15(19)9-18-8-7-12-13(16)5-4-6-14(12)18/h4-8,10-11H,9,16H2,1-3H3,(H,17,19). The van der Waals surface area contributed by atoms with Crippen LogP contribution in [0.15, 0.2) is 30.5 Å². The van der Waals surface area contributed by atoms with Gasteiger partial charge in [0, 0.05) is 23.3 Å². The van der Waals surface area contributed by atoms with Gasteiger partial charge in [-0.3, -0.25) is 4.79 Å². The molecule has 1 amide bonds. The molecule has 3 N–H and O–H groups in total. The number of hydrogen-bond acceptors (Lipinski definition) is 2. The van der Waals surface area contributed by atoms with E-state index in [4.69, 9.17) is 5.73 Å². The van der Waals surface area contributed by atoms with Gasteiger partial charge in [-0.15, -0.1) is 0 Å². The average Bonchev–Trinajstić information content (AvgIpc) is 2.73. The van der Waals surface area contributed by atoms with Crippen molar-refractivity contribution in [2.75, 3.05) is 5.73 Å². The van der Waals surface area contributed by atoms with E-state index in [1.165, 1.54) is 0 Å². The van der Waals surface area contributed by atoms with Gasteiger partial charge in [-0.2, -0.15) is 0 Å². The summed E-state index contributed by atoms with van der Waals surface area (Å²) in [4.78, 5) is 12.0. The van der Waals surface area contributed by atoms with E-state index in [-0.39, 0.29) is 11.9 Å². The van der Waals surface area contributed by atoms with Crippen molar-refractivity contribution in [1.29, 1.82) is 0 Å². The lowest BCUT2D eigenvalue weighted by molar-refractivity contribution is -0.122. The van der Waals surface area contributed by atoms with Crippen molar-refractivity contribution in [2.24, 2.45) is 5.92 Å². The van der Waals surface area contributed by atoms with Gasteiger partial charge in [0.25, 0.3) is 0 Å². The Bertz CT molecular complexity index is 586. The Kier molecular flexibility index (Phi) is 3.79. The number of anilines is 1. The smallest absolute Gasteiger partial charge is 0.240 e. The molecule has 1 unspecified atom stereocenters. The van der Waals surface area contributed by atoms with Gasteiger partial charge in [-0.05, 0) is 31.0 Å². The molecule has 102 valence electrons. The van der Waals surface area contributed by atoms with Crippen LogP contribution in [-0.4, -0.2) is 16.5 Å². The van der Waals surface area contributed by atoms with Crippen LogP contribution < -0.4 is 11.1 Å². The second-order valence-electron chi connectivity index (χ2n) is 5.32. The maximum atomic E-state index is 12.0. The Morgan fingerprint density at radius 1 is 1.32 bits per heavy atom. The van der Waals surface area contributed by atoms with E-state index in [0.717, 1.165) is 16.6 Å². The molecule has 2 aromatic rings. The van der Waals surface area contributed by atoms with Crippen molar-refractivity contribution in [1.82, 2.24) is 9.88 Å². The van der Waals surface area contributed by atoms with E-state index in [1.54, 1.807) is 0 Å². The average molecular weight is 259 g/mol. The zero-order valence-corrected chi connectivity index (χ0v) is 11.7. The summed E-state index contributed by atoms with van der Waals surface area (Å²) in [6.45, 7) is 6.53. The minimum Gasteiger partial charge on any atom is -0.398 e. The summed E-state index contributed by atoms with van der Waals surface area (Å²) in [5.41, 5.74) is 7.64. The number of nitrogens with one attached hydrogen (secondary N) is 1. The first kappa shape index (κ1) is 13.5. The molecule has 1 aromatic carbocycles. The highest BCUT2D eigenvalue weighted by Gasteiger charge is 2.12. The molecule has 0 bridgehead atoms. The molecule has 4 heteroatoms. The fraction of sp³-hybridized carbons (Fsp3) is 0.400. The van der Waals surface area contributed by atoms with Gasteiger partial charge in [0.2, 0.25) is 5.91 Å². The number of nitrogens with two attached hydrogens (primary N) is 1.